The van der Waals surface area contributed by atoms with Gasteiger partial charge in [0.1, 0.15) is 12.0 Å². The molecule has 2 unspecified atom stereocenters. The van der Waals surface area contributed by atoms with Gasteiger partial charge >= 0.3 is 5.97 Å². The number of ether oxygens (including phenoxy) is 2. The molecule has 1 aromatic carbocycles. The van der Waals surface area contributed by atoms with Crippen molar-refractivity contribution in [3.8, 4) is 0 Å². The lowest BCUT2D eigenvalue weighted by Crippen LogP contribution is -2.31. The number of esters is 1. The van der Waals surface area contributed by atoms with Gasteiger partial charge in [0.25, 0.3) is 0 Å². The molecule has 0 radical (unpaired) electrons. The summed E-state index contributed by atoms with van der Waals surface area (Å²) in [6.07, 6.45) is 0.508. The summed E-state index contributed by atoms with van der Waals surface area (Å²) in [4.78, 5) is 24.7. The van der Waals surface area contributed by atoms with E-state index in [1.165, 1.54) is 0 Å². The van der Waals surface area contributed by atoms with Crippen LogP contribution in [0.2, 0.25) is 0 Å². The lowest BCUT2D eigenvalue weighted by molar-refractivity contribution is -0.155. The molecule has 4 heteroatoms. The van der Waals surface area contributed by atoms with Crippen molar-refractivity contribution < 1.29 is 19.1 Å². The highest BCUT2D eigenvalue weighted by Gasteiger charge is 2.34. The molecule has 0 saturated heterocycles. The van der Waals surface area contributed by atoms with E-state index in [4.69, 9.17) is 9.47 Å². The minimum Gasteiger partial charge on any atom is -0.465 e. The van der Waals surface area contributed by atoms with E-state index < -0.39 is 18.0 Å². The van der Waals surface area contributed by atoms with Crippen LogP contribution in [0.15, 0.2) is 30.3 Å². The lowest BCUT2D eigenvalue weighted by Gasteiger charge is -2.21. The first-order valence-electron chi connectivity index (χ1n) is 7.52. The van der Waals surface area contributed by atoms with Gasteiger partial charge in [0.2, 0.25) is 0 Å². The summed E-state index contributed by atoms with van der Waals surface area (Å²) < 4.78 is 10.6. The predicted octanol–water partition coefficient (Wildman–Crippen LogP) is 3.31. The number of carbonyl (C=O) groups is 2. The second kappa shape index (κ2) is 9.29. The Balaban J connectivity index is 2.98. The van der Waals surface area contributed by atoms with E-state index in [-0.39, 0.29) is 12.4 Å². The minimum atomic E-state index is -0.758. The summed E-state index contributed by atoms with van der Waals surface area (Å²) in [5.41, 5.74) is 0.773. The van der Waals surface area contributed by atoms with Crippen LogP contribution in [0.1, 0.15) is 45.3 Å². The van der Waals surface area contributed by atoms with E-state index in [9.17, 15) is 9.59 Å². The maximum atomic E-state index is 12.7. The summed E-state index contributed by atoms with van der Waals surface area (Å²) in [5, 5.41) is 0. The van der Waals surface area contributed by atoms with Gasteiger partial charge in [0.15, 0.2) is 5.78 Å². The van der Waals surface area contributed by atoms with Crippen molar-refractivity contribution in [3.63, 3.8) is 0 Å². The van der Waals surface area contributed by atoms with Crippen LogP contribution in [0, 0.1) is 5.92 Å². The molecule has 0 bridgehead atoms. The summed E-state index contributed by atoms with van der Waals surface area (Å²) >= 11 is 0. The standard InChI is InChI=1S/C17H24O4/c1-4-10-14(17(19)21-6-3)15(18)16(20-5-2)13-11-8-7-9-12-13/h7-9,11-12,14,16H,4-6,10H2,1-3H3. The van der Waals surface area contributed by atoms with Gasteiger partial charge in [-0.15, -0.1) is 0 Å². The van der Waals surface area contributed by atoms with Crippen LogP contribution in [0.3, 0.4) is 0 Å². The molecule has 0 aliphatic heterocycles. The van der Waals surface area contributed by atoms with Gasteiger partial charge in [-0.2, -0.15) is 0 Å². The number of hydrogen-bond acceptors (Lipinski definition) is 4. The quantitative estimate of drug-likeness (QED) is 0.517. The Morgan fingerprint density at radius 1 is 1.05 bits per heavy atom. The van der Waals surface area contributed by atoms with Gasteiger partial charge < -0.3 is 9.47 Å². The fraction of sp³-hybridized carbons (Fsp3) is 0.529. The summed E-state index contributed by atoms with van der Waals surface area (Å²) in [6.45, 7) is 6.20. The lowest BCUT2D eigenvalue weighted by atomic mass is 9.91. The monoisotopic (exact) mass is 292 g/mol. The number of benzene rings is 1. The molecule has 0 N–H and O–H groups in total. The van der Waals surface area contributed by atoms with E-state index in [2.05, 4.69) is 0 Å². The molecular formula is C17H24O4. The molecule has 0 aromatic heterocycles. The van der Waals surface area contributed by atoms with Crippen molar-refractivity contribution >= 4 is 11.8 Å². The smallest absolute Gasteiger partial charge is 0.316 e. The maximum absolute atomic E-state index is 12.7. The average Bonchev–Trinajstić information content (AvgIpc) is 2.50. The highest BCUT2D eigenvalue weighted by atomic mass is 16.5. The minimum absolute atomic E-state index is 0.219. The molecule has 0 spiro atoms. The fourth-order valence-corrected chi connectivity index (χ4v) is 2.23. The largest absolute Gasteiger partial charge is 0.465 e. The van der Waals surface area contributed by atoms with Crippen LogP contribution in [-0.4, -0.2) is 25.0 Å². The van der Waals surface area contributed by atoms with Crippen molar-refractivity contribution in [2.45, 2.75) is 39.7 Å². The van der Waals surface area contributed by atoms with Crippen molar-refractivity contribution in [1.29, 1.82) is 0 Å². The third kappa shape index (κ3) is 4.97. The number of Topliss-reactive ketones (excluding diaryl/α,β-unsaturated/α-hetero) is 1. The van der Waals surface area contributed by atoms with E-state index in [0.29, 0.717) is 13.0 Å². The zero-order valence-corrected chi connectivity index (χ0v) is 13.0. The SMILES string of the molecule is CCCC(C(=O)OCC)C(=O)C(OCC)c1ccccc1. The van der Waals surface area contributed by atoms with Crippen molar-refractivity contribution in [1.82, 2.24) is 0 Å². The van der Waals surface area contributed by atoms with Crippen LogP contribution in [0.5, 0.6) is 0 Å². The van der Waals surface area contributed by atoms with Gasteiger partial charge in [-0.05, 0) is 25.8 Å². The Morgan fingerprint density at radius 2 is 1.71 bits per heavy atom. The molecule has 0 saturated carbocycles. The van der Waals surface area contributed by atoms with Gasteiger partial charge in [-0.25, -0.2) is 0 Å². The number of carbonyl (C=O) groups excluding carboxylic acids is 2. The predicted molar refractivity (Wildman–Crippen MR) is 80.8 cm³/mol. The molecule has 0 amide bonds. The normalized spacial score (nSPS) is 13.5. The number of rotatable bonds is 9. The van der Waals surface area contributed by atoms with Crippen LogP contribution in [-0.2, 0) is 19.1 Å². The molecular weight excluding hydrogens is 268 g/mol. The zero-order valence-electron chi connectivity index (χ0n) is 13.0. The fourth-order valence-electron chi connectivity index (χ4n) is 2.23. The molecule has 1 aromatic rings. The molecule has 0 aliphatic carbocycles. The maximum Gasteiger partial charge on any atom is 0.316 e. The first kappa shape index (κ1) is 17.4. The van der Waals surface area contributed by atoms with Gasteiger partial charge in [0, 0.05) is 6.61 Å². The molecule has 116 valence electrons. The van der Waals surface area contributed by atoms with Crippen LogP contribution in [0.25, 0.3) is 0 Å². The number of hydrogen-bond donors (Lipinski definition) is 0. The molecule has 0 fully saturated rings. The second-order valence-corrected chi connectivity index (χ2v) is 4.74. The molecule has 21 heavy (non-hydrogen) atoms. The summed E-state index contributed by atoms with van der Waals surface area (Å²) in [7, 11) is 0. The molecule has 2 atom stereocenters. The summed E-state index contributed by atoms with van der Waals surface area (Å²) in [5.74, 6) is -1.43. The second-order valence-electron chi connectivity index (χ2n) is 4.74. The highest BCUT2D eigenvalue weighted by molar-refractivity contribution is 6.01. The van der Waals surface area contributed by atoms with Gasteiger partial charge in [-0.3, -0.25) is 9.59 Å². The van der Waals surface area contributed by atoms with Crippen molar-refractivity contribution in [2.24, 2.45) is 5.92 Å². The van der Waals surface area contributed by atoms with Gasteiger partial charge in [0.05, 0.1) is 6.61 Å². The molecule has 1 rings (SSSR count). The van der Waals surface area contributed by atoms with E-state index >= 15 is 0 Å². The number of ketones is 1. The summed E-state index contributed by atoms with van der Waals surface area (Å²) in [6, 6.07) is 9.27. The Kier molecular flexibility index (Phi) is 7.69. The Labute approximate surface area is 126 Å². The van der Waals surface area contributed by atoms with E-state index in [0.717, 1.165) is 12.0 Å². The van der Waals surface area contributed by atoms with Crippen LogP contribution >= 0.6 is 0 Å². The molecule has 0 heterocycles. The van der Waals surface area contributed by atoms with Crippen LogP contribution in [0.4, 0.5) is 0 Å². The van der Waals surface area contributed by atoms with E-state index in [1.54, 1.807) is 6.92 Å². The van der Waals surface area contributed by atoms with Crippen molar-refractivity contribution in [2.75, 3.05) is 13.2 Å². The average molecular weight is 292 g/mol. The third-order valence-electron chi connectivity index (χ3n) is 3.19. The third-order valence-corrected chi connectivity index (χ3v) is 3.19. The van der Waals surface area contributed by atoms with Crippen LogP contribution < -0.4 is 0 Å². The topological polar surface area (TPSA) is 52.6 Å². The Hall–Kier alpha value is -1.68. The molecule has 4 nitrogen and oxygen atoms in total. The van der Waals surface area contributed by atoms with Crippen molar-refractivity contribution in [3.05, 3.63) is 35.9 Å². The Morgan fingerprint density at radius 3 is 2.24 bits per heavy atom. The first-order valence-corrected chi connectivity index (χ1v) is 7.52. The van der Waals surface area contributed by atoms with Gasteiger partial charge in [-0.1, -0.05) is 43.7 Å². The highest BCUT2D eigenvalue weighted by Crippen LogP contribution is 2.25. The van der Waals surface area contributed by atoms with E-state index in [1.807, 2.05) is 44.2 Å². The zero-order chi connectivity index (χ0) is 15.7. The Bertz CT molecular complexity index is 441. The molecule has 0 aliphatic rings. The first-order chi connectivity index (χ1) is 10.2.